The monoisotopic (exact) mass is 959 g/mol. The fraction of sp³-hybridized carbons (Fsp3) is 0.559. The van der Waals surface area contributed by atoms with Gasteiger partial charge in [0.15, 0.2) is 0 Å². The summed E-state index contributed by atoms with van der Waals surface area (Å²) >= 11 is 0. The lowest BCUT2D eigenvalue weighted by molar-refractivity contribution is 0.255. The maximum Gasteiger partial charge on any atom is 0.297 e. The van der Waals surface area contributed by atoms with Crippen molar-refractivity contribution < 1.29 is 4.42 Å². The molecule has 1 atom stereocenters. The van der Waals surface area contributed by atoms with E-state index in [-0.39, 0.29) is 50.7 Å². The van der Waals surface area contributed by atoms with Gasteiger partial charge in [-0.05, 0) is 207 Å². The molecular formula is C68H87BN2O. The van der Waals surface area contributed by atoms with Crippen molar-refractivity contribution in [3.8, 4) is 0 Å². The van der Waals surface area contributed by atoms with Gasteiger partial charge in [-0.1, -0.05) is 159 Å². The van der Waals surface area contributed by atoms with E-state index in [4.69, 9.17) is 4.42 Å². The highest BCUT2D eigenvalue weighted by Crippen LogP contribution is 2.57. The summed E-state index contributed by atoms with van der Waals surface area (Å²) in [5.74, 6) is 0.532. The summed E-state index contributed by atoms with van der Waals surface area (Å²) in [5.41, 5.74) is 27.3. The first kappa shape index (κ1) is 48.5. The number of furan rings is 1. The normalized spacial score (nSPS) is 24.2. The molecule has 0 saturated heterocycles. The molecule has 72 heavy (non-hydrogen) atoms. The Morgan fingerprint density at radius 3 is 1.79 bits per heavy atom. The van der Waals surface area contributed by atoms with E-state index in [2.05, 4.69) is 188 Å². The Morgan fingerprint density at radius 1 is 0.583 bits per heavy atom. The third-order valence-corrected chi connectivity index (χ3v) is 20.9. The van der Waals surface area contributed by atoms with Gasteiger partial charge in [0.2, 0.25) is 0 Å². The second-order valence-corrected chi connectivity index (χ2v) is 29.7. The van der Waals surface area contributed by atoms with Crippen LogP contribution in [0.2, 0.25) is 0 Å². The number of rotatable bonds is 3. The zero-order valence-corrected chi connectivity index (χ0v) is 47.8. The molecular weight excluding hydrogens is 872 g/mol. The smallest absolute Gasteiger partial charge is 0.297 e. The maximum atomic E-state index is 7.82. The van der Waals surface area contributed by atoms with E-state index in [0.717, 1.165) is 17.7 Å². The second-order valence-electron chi connectivity index (χ2n) is 29.7. The number of anilines is 5. The molecule has 1 saturated carbocycles. The van der Waals surface area contributed by atoms with Crippen LogP contribution in [-0.2, 0) is 27.1 Å². The molecule has 0 bridgehead atoms. The van der Waals surface area contributed by atoms with E-state index in [1.807, 2.05) is 0 Å². The molecule has 12 rings (SSSR count). The lowest BCUT2D eigenvalue weighted by Crippen LogP contribution is -2.63. The van der Waals surface area contributed by atoms with Crippen molar-refractivity contribution in [2.75, 3.05) is 9.80 Å². The number of benzene rings is 4. The van der Waals surface area contributed by atoms with E-state index in [1.165, 1.54) is 160 Å². The van der Waals surface area contributed by atoms with Crippen LogP contribution in [-0.4, -0.2) is 12.8 Å². The molecule has 5 aliphatic carbocycles. The quantitative estimate of drug-likeness (QED) is 0.165. The first-order valence-electron chi connectivity index (χ1n) is 28.7. The zero-order chi connectivity index (χ0) is 51.2. The van der Waals surface area contributed by atoms with Gasteiger partial charge in [0.1, 0.15) is 5.58 Å². The van der Waals surface area contributed by atoms with Crippen LogP contribution in [0.15, 0.2) is 81.8 Å². The van der Waals surface area contributed by atoms with Crippen molar-refractivity contribution in [3.05, 3.63) is 116 Å². The topological polar surface area (TPSA) is 19.6 Å². The Labute approximate surface area is 435 Å². The number of nitrogens with zero attached hydrogens (tertiary/aromatic N) is 2. The molecule has 0 spiro atoms. The lowest BCUT2D eigenvalue weighted by Gasteiger charge is -2.51. The molecule has 1 aromatic heterocycles. The van der Waals surface area contributed by atoms with Crippen LogP contribution in [0.5, 0.6) is 0 Å². The largest absolute Gasteiger partial charge is 0.468 e. The van der Waals surface area contributed by atoms with Gasteiger partial charge >= 0.3 is 0 Å². The third-order valence-electron chi connectivity index (χ3n) is 20.9. The predicted molar refractivity (Wildman–Crippen MR) is 310 cm³/mol. The molecule has 3 nitrogen and oxygen atoms in total. The van der Waals surface area contributed by atoms with Crippen molar-refractivity contribution in [2.45, 2.75) is 234 Å². The van der Waals surface area contributed by atoms with Crippen LogP contribution < -0.4 is 26.4 Å². The lowest BCUT2D eigenvalue weighted by atomic mass is 9.35. The van der Waals surface area contributed by atoms with E-state index >= 15 is 0 Å². The van der Waals surface area contributed by atoms with Crippen LogP contribution >= 0.6 is 0 Å². The highest BCUT2D eigenvalue weighted by atomic mass is 16.3. The van der Waals surface area contributed by atoms with E-state index < -0.39 is 0 Å². The average Bonchev–Trinajstić information content (AvgIpc) is 3.69. The van der Waals surface area contributed by atoms with Crippen LogP contribution in [0, 0.1) is 17.8 Å². The van der Waals surface area contributed by atoms with Crippen molar-refractivity contribution >= 4 is 62.7 Å². The van der Waals surface area contributed by atoms with Gasteiger partial charge in [-0.3, -0.25) is 0 Å². The fourth-order valence-electron chi connectivity index (χ4n) is 15.6. The van der Waals surface area contributed by atoms with E-state index in [9.17, 15) is 0 Å². The summed E-state index contributed by atoms with van der Waals surface area (Å²) in [6.45, 7) is 42.0. The van der Waals surface area contributed by atoms with Gasteiger partial charge in [0.25, 0.3) is 6.71 Å². The highest BCUT2D eigenvalue weighted by Gasteiger charge is 2.51. The Hall–Kier alpha value is -4.44. The van der Waals surface area contributed by atoms with Crippen molar-refractivity contribution in [1.29, 1.82) is 0 Å². The minimum absolute atomic E-state index is 0.0274. The summed E-state index contributed by atoms with van der Waals surface area (Å²) in [6, 6.07) is 23.7. The van der Waals surface area contributed by atoms with Gasteiger partial charge in [-0.15, -0.1) is 0 Å². The van der Waals surface area contributed by atoms with Gasteiger partial charge in [-0.25, -0.2) is 0 Å². The Morgan fingerprint density at radius 2 is 1.15 bits per heavy atom. The van der Waals surface area contributed by atoms with Crippen LogP contribution in [0.25, 0.3) is 11.0 Å². The molecule has 0 amide bonds. The number of hydrogen-bond donors (Lipinski definition) is 0. The molecule has 4 heteroatoms. The van der Waals surface area contributed by atoms with Crippen LogP contribution in [0.3, 0.4) is 0 Å². The van der Waals surface area contributed by atoms with Gasteiger partial charge in [-0.2, -0.15) is 0 Å². The first-order valence-corrected chi connectivity index (χ1v) is 28.7. The van der Waals surface area contributed by atoms with Gasteiger partial charge in [0, 0.05) is 28.1 Å². The van der Waals surface area contributed by atoms with E-state index in [0.29, 0.717) is 5.92 Å². The van der Waals surface area contributed by atoms with Crippen LogP contribution in [0.1, 0.15) is 233 Å². The summed E-state index contributed by atoms with van der Waals surface area (Å²) in [5, 5.41) is 1.27. The number of aryl methyl sites for hydroxylation is 1. The molecule has 4 aromatic carbocycles. The van der Waals surface area contributed by atoms with Crippen molar-refractivity contribution in [2.24, 2.45) is 10.8 Å². The number of fused-ring (bicyclic) bond motifs is 8. The minimum Gasteiger partial charge on any atom is -0.468 e. The van der Waals surface area contributed by atoms with Crippen molar-refractivity contribution in [1.82, 2.24) is 0 Å². The fourth-order valence-corrected chi connectivity index (χ4v) is 15.6. The molecule has 3 heterocycles. The molecule has 378 valence electrons. The van der Waals surface area contributed by atoms with Gasteiger partial charge < -0.3 is 14.2 Å². The molecule has 1 fully saturated rings. The van der Waals surface area contributed by atoms with Crippen LogP contribution in [0.4, 0.5) is 28.4 Å². The Kier molecular flexibility index (Phi) is 10.5. The zero-order valence-electron chi connectivity index (χ0n) is 47.8. The minimum atomic E-state index is -0.0679. The van der Waals surface area contributed by atoms with Crippen molar-refractivity contribution in [3.63, 3.8) is 0 Å². The summed E-state index contributed by atoms with van der Waals surface area (Å²) in [6.07, 6.45) is 17.4. The predicted octanol–water partition coefficient (Wildman–Crippen LogP) is 17.4. The molecule has 1 unspecified atom stereocenters. The van der Waals surface area contributed by atoms with E-state index in [1.54, 1.807) is 11.1 Å². The average molecular weight is 959 g/mol. The standard InChI is InChI=1S/C68H87BN2O/c1-40-31-46-49(66(12,13)28-25-63(46,6)7)37-54(40)70-53-24-23-44(62(3,4)5)35-52(53)69-59-56(70)33-43(42-21-19-18-20-22-42)34-57(59)71(55-38-50-47(32-41(55)2)64(8,9)26-29-67(50,14)15)60-45-36-48-51(39-58(45)72-61(60)69)68(16,17)30-27-65(48,10)11/h23-24,31-36,38-39,42,54H,18-22,25-30,37H2,1-17H3. The first-order chi connectivity index (χ1) is 33.6. The SMILES string of the molecule is CC1=CC2=C(CC1N1c3ccc(C(C)(C)C)cc3B3c4oc5cc6c(cc5c4N(c4cc5c(cc4C)C(C)(C)CCC5(C)C)c4cc(C5CCCCC5)cc1c43)C(C)(C)CCC6(C)C)C(C)(C)CCC2(C)C. The van der Waals surface area contributed by atoms with Gasteiger partial charge in [0.05, 0.1) is 17.4 Å². The number of hydrogen-bond acceptors (Lipinski definition) is 3. The summed E-state index contributed by atoms with van der Waals surface area (Å²) in [7, 11) is 0. The molecule has 2 aliphatic heterocycles. The maximum absolute atomic E-state index is 7.82. The molecule has 0 radical (unpaired) electrons. The Balaban J connectivity index is 1.21. The number of allylic oxidation sites excluding steroid dienone is 2. The molecule has 5 aromatic rings. The second kappa shape index (κ2) is 15.6. The third kappa shape index (κ3) is 7.15. The molecule has 0 N–H and O–H groups in total. The molecule has 7 aliphatic rings. The Bertz CT molecular complexity index is 3180. The summed E-state index contributed by atoms with van der Waals surface area (Å²) < 4.78 is 7.82. The summed E-state index contributed by atoms with van der Waals surface area (Å²) in [4.78, 5) is 5.68. The highest BCUT2D eigenvalue weighted by molar-refractivity contribution is 6.99.